The Kier molecular flexibility index (Phi) is 5.87. The van der Waals surface area contributed by atoms with E-state index >= 15 is 0 Å². The lowest BCUT2D eigenvalue weighted by molar-refractivity contribution is -0.123. The number of methoxy groups -OCH3 is 1. The molecule has 0 unspecified atom stereocenters. The van der Waals surface area contributed by atoms with E-state index in [0.29, 0.717) is 24.5 Å². The van der Waals surface area contributed by atoms with Crippen molar-refractivity contribution in [3.05, 3.63) is 72.3 Å². The molecule has 1 fully saturated rings. The van der Waals surface area contributed by atoms with Gasteiger partial charge in [-0.2, -0.15) is 5.10 Å². The number of hydrogen-bond donors (Lipinski definition) is 2. The van der Waals surface area contributed by atoms with Crippen LogP contribution in [0.4, 0.5) is 5.82 Å². The van der Waals surface area contributed by atoms with Crippen LogP contribution >= 0.6 is 0 Å². The SMILES string of the molecule is C=CC(=O)N1C[C@@H](n2nc(C#Cc3cccn4cncc34)c(C(N)=O)c2NC)C/C1=C\OC. The Labute approximate surface area is 190 Å². The van der Waals surface area contributed by atoms with Gasteiger partial charge in [0, 0.05) is 26.2 Å². The molecule has 1 saturated heterocycles. The normalized spacial score (nSPS) is 16.5. The molecule has 1 atom stereocenters. The second-order valence-corrected chi connectivity index (χ2v) is 7.34. The molecule has 0 radical (unpaired) electrons. The maximum absolute atomic E-state index is 12.3. The molecule has 0 aromatic carbocycles. The second kappa shape index (κ2) is 8.92. The van der Waals surface area contributed by atoms with Crippen LogP contribution in [0.1, 0.15) is 34.1 Å². The summed E-state index contributed by atoms with van der Waals surface area (Å²) in [5.41, 5.74) is 8.39. The van der Waals surface area contributed by atoms with Crippen molar-refractivity contribution in [2.45, 2.75) is 12.5 Å². The molecule has 1 aliphatic heterocycles. The molecule has 0 aliphatic carbocycles. The van der Waals surface area contributed by atoms with E-state index in [2.05, 4.69) is 33.8 Å². The van der Waals surface area contributed by atoms with E-state index in [1.807, 2.05) is 22.7 Å². The smallest absolute Gasteiger partial charge is 0.255 e. The van der Waals surface area contributed by atoms with Crippen LogP contribution in [0.5, 0.6) is 0 Å². The number of allylic oxidation sites excluding steroid dienone is 1. The molecule has 10 nitrogen and oxygen atoms in total. The number of nitrogens with two attached hydrogens (primary N) is 1. The standard InChI is InChI=1S/C23H23N7O3/c1-4-20(31)29-12-16(10-17(29)13-33-3)30-23(25-2)21(22(24)32)18(27-30)8-7-15-6-5-9-28-14-26-11-19(15)28/h4-6,9,11,13-14,16,25H,1,10,12H2,2-3H3,(H2,24,32)/b17-13+/t16-/m0/s1. The fraction of sp³-hybridized carbons (Fsp3) is 0.217. The second-order valence-electron chi connectivity index (χ2n) is 7.34. The molecule has 3 aromatic rings. The quantitative estimate of drug-likeness (QED) is 0.349. The van der Waals surface area contributed by atoms with E-state index in [1.165, 1.54) is 19.4 Å². The number of nitrogens with zero attached hydrogens (tertiary/aromatic N) is 5. The first-order valence-electron chi connectivity index (χ1n) is 10.2. The number of primary amides is 1. The van der Waals surface area contributed by atoms with Crippen LogP contribution in [0.25, 0.3) is 5.52 Å². The third kappa shape index (κ3) is 3.92. The Balaban J connectivity index is 1.78. The van der Waals surface area contributed by atoms with Gasteiger partial charge in [0.15, 0.2) is 5.69 Å². The third-order valence-electron chi connectivity index (χ3n) is 5.39. The minimum Gasteiger partial charge on any atom is -0.503 e. The molecule has 168 valence electrons. The summed E-state index contributed by atoms with van der Waals surface area (Å²) in [5.74, 6) is 5.60. The van der Waals surface area contributed by atoms with Crippen LogP contribution in [0.15, 0.2) is 55.5 Å². The molecule has 0 spiro atoms. The van der Waals surface area contributed by atoms with Gasteiger partial charge in [-0.3, -0.25) is 9.59 Å². The number of nitrogens with one attached hydrogen (secondary N) is 1. The highest BCUT2D eigenvalue weighted by molar-refractivity contribution is 6.00. The molecule has 3 N–H and O–H groups in total. The van der Waals surface area contributed by atoms with Crippen LogP contribution in [0.3, 0.4) is 0 Å². The van der Waals surface area contributed by atoms with Gasteiger partial charge in [0.25, 0.3) is 5.91 Å². The van der Waals surface area contributed by atoms with Gasteiger partial charge in [-0.25, -0.2) is 9.67 Å². The molecule has 3 aromatic heterocycles. The van der Waals surface area contributed by atoms with Gasteiger partial charge in [0.2, 0.25) is 5.91 Å². The maximum Gasteiger partial charge on any atom is 0.255 e. The fourth-order valence-electron chi connectivity index (χ4n) is 3.94. The zero-order valence-electron chi connectivity index (χ0n) is 18.3. The molecule has 10 heteroatoms. The number of carbonyl (C=O) groups excluding carboxylic acids is 2. The van der Waals surface area contributed by atoms with Crippen molar-refractivity contribution in [2.24, 2.45) is 5.73 Å². The van der Waals surface area contributed by atoms with Gasteiger partial charge in [-0.05, 0) is 24.1 Å². The molecule has 0 saturated carbocycles. The zero-order valence-corrected chi connectivity index (χ0v) is 18.3. The first kappa shape index (κ1) is 21.7. The van der Waals surface area contributed by atoms with Crippen molar-refractivity contribution in [1.82, 2.24) is 24.1 Å². The van der Waals surface area contributed by atoms with Gasteiger partial charge in [0.05, 0.1) is 42.5 Å². The summed E-state index contributed by atoms with van der Waals surface area (Å²) in [6.45, 7) is 3.89. The topological polar surface area (TPSA) is 120 Å². The summed E-state index contributed by atoms with van der Waals surface area (Å²) < 4.78 is 8.64. The van der Waals surface area contributed by atoms with Crippen molar-refractivity contribution in [2.75, 3.05) is 26.0 Å². The summed E-state index contributed by atoms with van der Waals surface area (Å²) in [6, 6.07) is 3.46. The van der Waals surface area contributed by atoms with Crippen molar-refractivity contribution in [1.29, 1.82) is 0 Å². The van der Waals surface area contributed by atoms with E-state index in [-0.39, 0.29) is 23.2 Å². The summed E-state index contributed by atoms with van der Waals surface area (Å²) in [5, 5.41) is 7.62. The van der Waals surface area contributed by atoms with Crippen molar-refractivity contribution in [3.63, 3.8) is 0 Å². The van der Waals surface area contributed by atoms with Crippen LogP contribution in [-0.4, -0.2) is 56.6 Å². The minimum atomic E-state index is -0.651. The molecule has 4 rings (SSSR count). The number of amides is 2. The van der Waals surface area contributed by atoms with Crippen LogP contribution in [0.2, 0.25) is 0 Å². The van der Waals surface area contributed by atoms with Crippen molar-refractivity contribution < 1.29 is 14.3 Å². The summed E-state index contributed by atoms with van der Waals surface area (Å²) in [6.07, 6.45) is 8.50. The van der Waals surface area contributed by atoms with Gasteiger partial charge < -0.3 is 25.1 Å². The maximum atomic E-state index is 12.3. The van der Waals surface area contributed by atoms with Crippen LogP contribution in [0, 0.1) is 11.8 Å². The van der Waals surface area contributed by atoms with E-state index in [4.69, 9.17) is 10.5 Å². The average Bonchev–Trinajstić information content (AvgIpc) is 3.53. The first-order valence-corrected chi connectivity index (χ1v) is 10.2. The highest BCUT2D eigenvalue weighted by Crippen LogP contribution is 2.34. The number of imidazole rings is 1. The highest BCUT2D eigenvalue weighted by atomic mass is 16.5. The Morgan fingerprint density at radius 1 is 1.39 bits per heavy atom. The van der Waals surface area contributed by atoms with Crippen molar-refractivity contribution in [3.8, 4) is 11.8 Å². The van der Waals surface area contributed by atoms with Crippen LogP contribution < -0.4 is 11.1 Å². The molecule has 1 aliphatic rings. The molecule has 4 heterocycles. The molecule has 33 heavy (non-hydrogen) atoms. The average molecular weight is 445 g/mol. The number of ether oxygens (including phenoxy) is 1. The predicted molar refractivity (Wildman–Crippen MR) is 122 cm³/mol. The van der Waals surface area contributed by atoms with E-state index in [9.17, 15) is 9.59 Å². The Morgan fingerprint density at radius 2 is 2.21 bits per heavy atom. The van der Waals surface area contributed by atoms with E-state index < -0.39 is 5.91 Å². The fourth-order valence-corrected chi connectivity index (χ4v) is 3.94. The van der Waals surface area contributed by atoms with Gasteiger partial charge in [-0.15, -0.1) is 0 Å². The highest BCUT2D eigenvalue weighted by Gasteiger charge is 2.35. The largest absolute Gasteiger partial charge is 0.503 e. The minimum absolute atomic E-state index is 0.191. The Bertz CT molecular complexity index is 1340. The lowest BCUT2D eigenvalue weighted by Crippen LogP contribution is -2.27. The number of aromatic nitrogens is 4. The monoisotopic (exact) mass is 445 g/mol. The van der Waals surface area contributed by atoms with E-state index in [1.54, 1.807) is 29.2 Å². The zero-order chi connectivity index (χ0) is 23.5. The number of likely N-dealkylation sites (tertiary alicyclic amines) is 1. The van der Waals surface area contributed by atoms with Crippen LogP contribution in [-0.2, 0) is 9.53 Å². The van der Waals surface area contributed by atoms with Gasteiger partial charge in [0.1, 0.15) is 17.6 Å². The van der Waals surface area contributed by atoms with Crippen molar-refractivity contribution >= 4 is 23.1 Å². The number of fused-ring (bicyclic) bond motifs is 1. The predicted octanol–water partition coefficient (Wildman–Crippen LogP) is 1.52. The van der Waals surface area contributed by atoms with Gasteiger partial charge in [-0.1, -0.05) is 12.5 Å². The number of rotatable bonds is 5. The Hall–Kier alpha value is -4.52. The third-order valence-corrected chi connectivity index (χ3v) is 5.39. The Morgan fingerprint density at radius 3 is 2.91 bits per heavy atom. The number of anilines is 1. The number of pyridine rings is 1. The molecule has 0 bridgehead atoms. The molecule has 2 amide bonds. The summed E-state index contributed by atoms with van der Waals surface area (Å²) in [4.78, 5) is 30.4. The lowest BCUT2D eigenvalue weighted by atomic mass is 10.2. The first-order chi connectivity index (χ1) is 16.0. The summed E-state index contributed by atoms with van der Waals surface area (Å²) >= 11 is 0. The number of hydrogen-bond acceptors (Lipinski definition) is 6. The molecular formula is C23H23N7O3. The van der Waals surface area contributed by atoms with E-state index in [0.717, 1.165) is 11.1 Å². The lowest BCUT2D eigenvalue weighted by Gasteiger charge is -2.16. The summed E-state index contributed by atoms with van der Waals surface area (Å²) in [7, 11) is 3.20. The molecular weight excluding hydrogens is 422 g/mol. The van der Waals surface area contributed by atoms with Gasteiger partial charge >= 0.3 is 0 Å². The number of carbonyl (C=O) groups is 2.